The van der Waals surface area contributed by atoms with E-state index < -0.39 is 11.9 Å². The summed E-state index contributed by atoms with van der Waals surface area (Å²) in [5.41, 5.74) is 0.849. The molecule has 0 heterocycles. The molecule has 0 spiro atoms. The second-order valence-electron chi connectivity index (χ2n) is 5.12. The molecule has 2 nitrogen and oxygen atoms in total. The molecule has 0 aliphatic heterocycles. The van der Waals surface area contributed by atoms with Gasteiger partial charge < -0.3 is 5.11 Å². The van der Waals surface area contributed by atoms with Gasteiger partial charge in [0.15, 0.2) is 0 Å². The minimum atomic E-state index is -0.718. The number of hydrogen-bond donors (Lipinski definition) is 1. The molecule has 1 aliphatic rings. The quantitative estimate of drug-likeness (QED) is 0.819. The molecule has 1 fully saturated rings. The Hall–Kier alpha value is -1.02. The first-order valence-electron chi connectivity index (χ1n) is 6.67. The van der Waals surface area contributed by atoms with E-state index in [2.05, 4.69) is 0 Å². The predicted octanol–water partition coefficient (Wildman–Crippen LogP) is 4.48. The monoisotopic (exact) mass is 266 g/mol. The summed E-state index contributed by atoms with van der Waals surface area (Å²) in [7, 11) is 0. The summed E-state index contributed by atoms with van der Waals surface area (Å²) in [5, 5.41) is 10.1. The number of halogens is 1. The molecule has 0 saturated heterocycles. The van der Waals surface area contributed by atoms with Crippen LogP contribution in [0.5, 0.6) is 0 Å². The van der Waals surface area contributed by atoms with Gasteiger partial charge in [-0.15, -0.1) is 0 Å². The molecule has 0 amide bonds. The van der Waals surface area contributed by atoms with E-state index >= 15 is 0 Å². The van der Waals surface area contributed by atoms with E-state index in [9.17, 15) is 9.90 Å². The van der Waals surface area contributed by atoms with Crippen LogP contribution < -0.4 is 0 Å². The molecule has 0 bridgehead atoms. The minimum Gasteiger partial charge on any atom is -0.481 e. The summed E-state index contributed by atoms with van der Waals surface area (Å²) in [6, 6.07) is 7.31. The molecule has 1 aliphatic carbocycles. The Morgan fingerprint density at radius 1 is 1.22 bits per heavy atom. The lowest BCUT2D eigenvalue weighted by atomic mass is 9.81. The van der Waals surface area contributed by atoms with Gasteiger partial charge in [-0.2, -0.15) is 0 Å². The number of rotatable bonds is 3. The third-order valence-electron chi connectivity index (χ3n) is 3.85. The SMILES string of the molecule is O=C(O)C(c1cccc(Cl)c1)C1CCCCCC1. The third kappa shape index (κ3) is 3.26. The van der Waals surface area contributed by atoms with Crippen LogP contribution in [0.25, 0.3) is 0 Å². The van der Waals surface area contributed by atoms with Crippen LogP contribution >= 0.6 is 11.6 Å². The highest BCUT2D eigenvalue weighted by Crippen LogP contribution is 2.36. The average molecular weight is 267 g/mol. The second kappa shape index (κ2) is 6.24. The fraction of sp³-hybridized carbons (Fsp3) is 0.533. The van der Waals surface area contributed by atoms with Crippen molar-refractivity contribution in [3.63, 3.8) is 0 Å². The lowest BCUT2D eigenvalue weighted by Crippen LogP contribution is -2.21. The van der Waals surface area contributed by atoms with E-state index in [1.54, 1.807) is 12.1 Å². The molecule has 1 atom stereocenters. The van der Waals surface area contributed by atoms with Crippen molar-refractivity contribution in [1.82, 2.24) is 0 Å². The van der Waals surface area contributed by atoms with Crippen LogP contribution in [0.2, 0.25) is 5.02 Å². The molecule has 1 unspecified atom stereocenters. The number of carbonyl (C=O) groups is 1. The Morgan fingerprint density at radius 2 is 1.89 bits per heavy atom. The highest BCUT2D eigenvalue weighted by molar-refractivity contribution is 6.30. The summed E-state index contributed by atoms with van der Waals surface area (Å²) in [6.07, 6.45) is 6.80. The van der Waals surface area contributed by atoms with Crippen LogP contribution in [0.3, 0.4) is 0 Å². The van der Waals surface area contributed by atoms with Gasteiger partial charge in [0.25, 0.3) is 0 Å². The Bertz CT molecular complexity index is 409. The first-order chi connectivity index (χ1) is 8.68. The molecule has 0 aromatic heterocycles. The summed E-state index contributed by atoms with van der Waals surface area (Å²) >= 11 is 5.97. The highest BCUT2D eigenvalue weighted by Gasteiger charge is 2.30. The van der Waals surface area contributed by atoms with Crippen molar-refractivity contribution in [3.05, 3.63) is 34.9 Å². The molecule has 18 heavy (non-hydrogen) atoms. The maximum Gasteiger partial charge on any atom is 0.311 e. The zero-order chi connectivity index (χ0) is 13.0. The van der Waals surface area contributed by atoms with Gasteiger partial charge >= 0.3 is 5.97 Å². The zero-order valence-electron chi connectivity index (χ0n) is 10.4. The maximum atomic E-state index is 11.6. The van der Waals surface area contributed by atoms with Crippen LogP contribution in [0, 0.1) is 5.92 Å². The lowest BCUT2D eigenvalue weighted by Gasteiger charge is -2.23. The molecule has 1 saturated carbocycles. The smallest absolute Gasteiger partial charge is 0.311 e. The molecule has 1 aromatic rings. The van der Waals surface area contributed by atoms with Crippen LogP contribution in [0.4, 0.5) is 0 Å². The van der Waals surface area contributed by atoms with Crippen molar-refractivity contribution in [2.75, 3.05) is 0 Å². The maximum absolute atomic E-state index is 11.6. The minimum absolute atomic E-state index is 0.253. The molecule has 3 heteroatoms. The van der Waals surface area contributed by atoms with Crippen LogP contribution in [0.15, 0.2) is 24.3 Å². The molecule has 1 aromatic carbocycles. The van der Waals surface area contributed by atoms with Gasteiger partial charge in [0.2, 0.25) is 0 Å². The van der Waals surface area contributed by atoms with E-state index in [0.29, 0.717) is 5.02 Å². The first-order valence-corrected chi connectivity index (χ1v) is 7.04. The van der Waals surface area contributed by atoms with Crippen LogP contribution in [-0.4, -0.2) is 11.1 Å². The van der Waals surface area contributed by atoms with Gasteiger partial charge in [0.05, 0.1) is 5.92 Å². The summed E-state index contributed by atoms with van der Waals surface area (Å²) in [4.78, 5) is 11.6. The number of carboxylic acid groups (broad SMARTS) is 1. The van der Waals surface area contributed by atoms with E-state index in [1.165, 1.54) is 12.8 Å². The summed E-state index contributed by atoms with van der Waals surface area (Å²) < 4.78 is 0. The van der Waals surface area contributed by atoms with Crippen molar-refractivity contribution in [3.8, 4) is 0 Å². The van der Waals surface area contributed by atoms with E-state index in [-0.39, 0.29) is 5.92 Å². The van der Waals surface area contributed by atoms with Gasteiger partial charge in [0, 0.05) is 5.02 Å². The standard InChI is InChI=1S/C15H19ClO2/c16-13-9-5-8-12(10-13)14(15(17)18)11-6-3-1-2-4-7-11/h5,8-11,14H,1-4,6-7H2,(H,17,18). The Labute approximate surface area is 113 Å². The van der Waals surface area contributed by atoms with Crippen molar-refractivity contribution < 1.29 is 9.90 Å². The van der Waals surface area contributed by atoms with Crippen molar-refractivity contribution >= 4 is 17.6 Å². The first kappa shape index (κ1) is 13.4. The van der Waals surface area contributed by atoms with Crippen molar-refractivity contribution in [1.29, 1.82) is 0 Å². The Balaban J connectivity index is 2.24. The predicted molar refractivity (Wildman–Crippen MR) is 73.0 cm³/mol. The third-order valence-corrected chi connectivity index (χ3v) is 4.08. The number of benzene rings is 1. The van der Waals surface area contributed by atoms with Crippen molar-refractivity contribution in [2.24, 2.45) is 5.92 Å². The molecular weight excluding hydrogens is 248 g/mol. The van der Waals surface area contributed by atoms with Gasteiger partial charge in [-0.1, -0.05) is 49.4 Å². The van der Waals surface area contributed by atoms with E-state index in [0.717, 1.165) is 31.2 Å². The Morgan fingerprint density at radius 3 is 2.44 bits per heavy atom. The summed E-state index contributed by atoms with van der Waals surface area (Å²) in [5.74, 6) is -0.866. The molecule has 98 valence electrons. The largest absolute Gasteiger partial charge is 0.481 e. The summed E-state index contributed by atoms with van der Waals surface area (Å²) in [6.45, 7) is 0. The number of aliphatic carboxylic acids is 1. The average Bonchev–Trinajstić information content (AvgIpc) is 2.58. The fourth-order valence-electron chi connectivity index (χ4n) is 2.96. The molecule has 0 radical (unpaired) electrons. The molecular formula is C15H19ClO2. The normalized spacial score (nSPS) is 19.2. The van der Waals surface area contributed by atoms with Crippen molar-refractivity contribution in [2.45, 2.75) is 44.4 Å². The topological polar surface area (TPSA) is 37.3 Å². The second-order valence-corrected chi connectivity index (χ2v) is 5.56. The number of hydrogen-bond acceptors (Lipinski definition) is 1. The van der Waals surface area contributed by atoms with Crippen LogP contribution in [-0.2, 0) is 4.79 Å². The zero-order valence-corrected chi connectivity index (χ0v) is 11.2. The van der Waals surface area contributed by atoms with E-state index in [1.807, 2.05) is 12.1 Å². The molecule has 1 N–H and O–H groups in total. The molecule has 2 rings (SSSR count). The van der Waals surface area contributed by atoms with Gasteiger partial charge in [0.1, 0.15) is 0 Å². The fourth-order valence-corrected chi connectivity index (χ4v) is 3.16. The Kier molecular flexibility index (Phi) is 4.65. The van der Waals surface area contributed by atoms with Gasteiger partial charge in [-0.25, -0.2) is 0 Å². The number of carboxylic acids is 1. The van der Waals surface area contributed by atoms with Gasteiger partial charge in [-0.3, -0.25) is 4.79 Å². The highest BCUT2D eigenvalue weighted by atomic mass is 35.5. The van der Waals surface area contributed by atoms with Gasteiger partial charge in [-0.05, 0) is 36.5 Å². The lowest BCUT2D eigenvalue weighted by molar-refractivity contribution is -0.140. The van der Waals surface area contributed by atoms with Crippen LogP contribution in [0.1, 0.15) is 50.0 Å². The van der Waals surface area contributed by atoms with E-state index in [4.69, 9.17) is 11.6 Å².